The maximum Gasteiger partial charge on any atom is 0.225 e. The summed E-state index contributed by atoms with van der Waals surface area (Å²) in [5.74, 6) is 1.37. The molecular formula is C15H31NO2. The fourth-order valence-corrected chi connectivity index (χ4v) is 2.35. The van der Waals surface area contributed by atoms with Crippen LogP contribution in [-0.2, 0) is 9.53 Å². The molecule has 18 heavy (non-hydrogen) atoms. The van der Waals surface area contributed by atoms with Crippen LogP contribution >= 0.6 is 0 Å². The van der Waals surface area contributed by atoms with Gasteiger partial charge in [-0.25, -0.2) is 0 Å². The maximum atomic E-state index is 12.2. The summed E-state index contributed by atoms with van der Waals surface area (Å²) in [5.41, 5.74) is 0. The molecule has 0 aromatic carbocycles. The van der Waals surface area contributed by atoms with Crippen LogP contribution in [0.1, 0.15) is 48.0 Å². The summed E-state index contributed by atoms with van der Waals surface area (Å²) < 4.78 is 5.17. The van der Waals surface area contributed by atoms with E-state index in [9.17, 15) is 4.79 Å². The number of methoxy groups -OCH3 is 1. The Morgan fingerprint density at radius 3 is 2.33 bits per heavy atom. The highest BCUT2D eigenvalue weighted by atomic mass is 16.5. The van der Waals surface area contributed by atoms with Crippen LogP contribution in [0.3, 0.4) is 0 Å². The molecule has 1 aliphatic heterocycles. The summed E-state index contributed by atoms with van der Waals surface area (Å²) in [6.45, 7) is 14.0. The molecule has 108 valence electrons. The standard InChI is InChI=1S/C13H25NO2.C2H6/c1-9(2)11(4)13(15)14-7-12(8-16-5)6-10(14)3;1-2/h9-12H,6-8H2,1-5H3;1-2H3/t10-,11?,12?;/m1./s1. The number of ether oxygens (including phenoxy) is 1. The second-order valence-corrected chi connectivity index (χ2v) is 5.43. The van der Waals surface area contributed by atoms with Crippen molar-refractivity contribution in [1.82, 2.24) is 4.90 Å². The van der Waals surface area contributed by atoms with E-state index in [2.05, 4.69) is 20.8 Å². The van der Waals surface area contributed by atoms with Gasteiger partial charge in [0.05, 0.1) is 6.61 Å². The van der Waals surface area contributed by atoms with E-state index in [1.165, 1.54) is 0 Å². The van der Waals surface area contributed by atoms with E-state index in [0.29, 0.717) is 23.8 Å². The van der Waals surface area contributed by atoms with E-state index in [1.807, 2.05) is 25.7 Å². The first-order valence-corrected chi connectivity index (χ1v) is 7.26. The van der Waals surface area contributed by atoms with Crippen molar-refractivity contribution < 1.29 is 9.53 Å². The number of nitrogens with zero attached hydrogens (tertiary/aromatic N) is 1. The minimum atomic E-state index is 0.128. The smallest absolute Gasteiger partial charge is 0.225 e. The highest BCUT2D eigenvalue weighted by Gasteiger charge is 2.34. The number of likely N-dealkylation sites (tertiary alicyclic amines) is 1. The lowest BCUT2D eigenvalue weighted by atomic mass is 9.96. The number of carbonyl (C=O) groups excluding carboxylic acids is 1. The Hall–Kier alpha value is -0.570. The van der Waals surface area contributed by atoms with Gasteiger partial charge in [0.15, 0.2) is 0 Å². The quantitative estimate of drug-likeness (QED) is 0.774. The Balaban J connectivity index is 0.00000137. The monoisotopic (exact) mass is 257 g/mol. The van der Waals surface area contributed by atoms with Crippen molar-refractivity contribution in [3.05, 3.63) is 0 Å². The topological polar surface area (TPSA) is 29.5 Å². The van der Waals surface area contributed by atoms with Crippen molar-refractivity contribution in [3.8, 4) is 0 Å². The third-order valence-corrected chi connectivity index (χ3v) is 3.74. The number of carbonyl (C=O) groups is 1. The molecule has 0 bridgehead atoms. The molecule has 1 aliphatic rings. The molecule has 3 atom stereocenters. The molecule has 0 radical (unpaired) electrons. The lowest BCUT2D eigenvalue weighted by Gasteiger charge is -2.26. The molecule has 1 heterocycles. The third-order valence-electron chi connectivity index (χ3n) is 3.74. The average Bonchev–Trinajstić information content (AvgIpc) is 2.71. The van der Waals surface area contributed by atoms with Crippen LogP contribution in [-0.4, -0.2) is 37.1 Å². The largest absolute Gasteiger partial charge is 0.384 e. The van der Waals surface area contributed by atoms with E-state index in [4.69, 9.17) is 4.74 Å². The zero-order valence-electron chi connectivity index (χ0n) is 13.2. The number of rotatable bonds is 4. The number of hydrogen-bond acceptors (Lipinski definition) is 2. The summed E-state index contributed by atoms with van der Waals surface area (Å²) in [6.07, 6.45) is 1.07. The first-order valence-electron chi connectivity index (χ1n) is 7.26. The minimum Gasteiger partial charge on any atom is -0.384 e. The van der Waals surface area contributed by atoms with E-state index >= 15 is 0 Å². The van der Waals surface area contributed by atoms with Gasteiger partial charge < -0.3 is 9.64 Å². The van der Waals surface area contributed by atoms with Crippen LogP contribution in [0.15, 0.2) is 0 Å². The van der Waals surface area contributed by atoms with Crippen molar-refractivity contribution >= 4 is 5.91 Å². The second kappa shape index (κ2) is 8.52. The molecule has 0 N–H and O–H groups in total. The first kappa shape index (κ1) is 17.4. The van der Waals surface area contributed by atoms with Crippen molar-refractivity contribution in [2.24, 2.45) is 17.8 Å². The van der Waals surface area contributed by atoms with Crippen molar-refractivity contribution in [1.29, 1.82) is 0 Å². The molecular weight excluding hydrogens is 226 g/mol. The molecule has 0 aliphatic carbocycles. The fraction of sp³-hybridized carbons (Fsp3) is 0.933. The predicted molar refractivity (Wildman–Crippen MR) is 76.5 cm³/mol. The molecule has 1 fully saturated rings. The van der Waals surface area contributed by atoms with E-state index < -0.39 is 0 Å². The van der Waals surface area contributed by atoms with Crippen LogP contribution in [0, 0.1) is 17.8 Å². The van der Waals surface area contributed by atoms with E-state index in [0.717, 1.165) is 19.6 Å². The Morgan fingerprint density at radius 1 is 1.33 bits per heavy atom. The molecule has 1 rings (SSSR count). The molecule has 3 heteroatoms. The SMILES string of the molecule is CC.COCC1C[C@@H](C)N(C(=O)C(C)C(C)C)C1. The zero-order valence-corrected chi connectivity index (χ0v) is 13.2. The minimum absolute atomic E-state index is 0.128. The number of amides is 1. The molecule has 2 unspecified atom stereocenters. The summed E-state index contributed by atoms with van der Waals surface area (Å²) in [7, 11) is 1.73. The molecule has 0 spiro atoms. The van der Waals surface area contributed by atoms with Crippen LogP contribution in [0.4, 0.5) is 0 Å². The van der Waals surface area contributed by atoms with Gasteiger partial charge in [0.2, 0.25) is 5.91 Å². The van der Waals surface area contributed by atoms with Gasteiger partial charge in [0.1, 0.15) is 0 Å². The van der Waals surface area contributed by atoms with Gasteiger partial charge in [0, 0.05) is 31.5 Å². The van der Waals surface area contributed by atoms with Crippen molar-refractivity contribution in [2.75, 3.05) is 20.3 Å². The summed E-state index contributed by atoms with van der Waals surface area (Å²) >= 11 is 0. The van der Waals surface area contributed by atoms with Crippen LogP contribution < -0.4 is 0 Å². The van der Waals surface area contributed by atoms with Crippen LogP contribution in [0.5, 0.6) is 0 Å². The Bertz CT molecular complexity index is 241. The van der Waals surface area contributed by atoms with Crippen LogP contribution in [0.25, 0.3) is 0 Å². The normalized spacial score (nSPS) is 24.8. The molecule has 1 amide bonds. The highest BCUT2D eigenvalue weighted by molar-refractivity contribution is 5.79. The molecule has 0 aromatic rings. The summed E-state index contributed by atoms with van der Waals surface area (Å²) in [5, 5.41) is 0. The van der Waals surface area contributed by atoms with Gasteiger partial charge in [-0.3, -0.25) is 4.79 Å². The Labute approximate surface area is 113 Å². The zero-order chi connectivity index (χ0) is 14.3. The van der Waals surface area contributed by atoms with Crippen molar-refractivity contribution in [3.63, 3.8) is 0 Å². The maximum absolute atomic E-state index is 12.2. The Morgan fingerprint density at radius 2 is 1.89 bits per heavy atom. The summed E-state index contributed by atoms with van der Waals surface area (Å²) in [4.78, 5) is 14.3. The summed E-state index contributed by atoms with van der Waals surface area (Å²) in [6, 6.07) is 0.369. The van der Waals surface area contributed by atoms with Gasteiger partial charge in [-0.05, 0) is 19.3 Å². The first-order chi connectivity index (χ1) is 8.47. The lowest BCUT2D eigenvalue weighted by molar-refractivity contribution is -0.137. The van der Waals surface area contributed by atoms with Crippen LogP contribution in [0.2, 0.25) is 0 Å². The molecule has 1 saturated heterocycles. The van der Waals surface area contributed by atoms with E-state index in [-0.39, 0.29) is 5.92 Å². The lowest BCUT2D eigenvalue weighted by Crippen LogP contribution is -2.39. The van der Waals surface area contributed by atoms with Gasteiger partial charge >= 0.3 is 0 Å². The van der Waals surface area contributed by atoms with Gasteiger partial charge in [0.25, 0.3) is 0 Å². The molecule has 0 saturated carbocycles. The molecule has 0 aromatic heterocycles. The van der Waals surface area contributed by atoms with Crippen molar-refractivity contribution in [2.45, 2.75) is 54.0 Å². The fourth-order valence-electron chi connectivity index (χ4n) is 2.35. The number of hydrogen-bond donors (Lipinski definition) is 0. The van der Waals surface area contributed by atoms with Gasteiger partial charge in [-0.1, -0.05) is 34.6 Å². The van der Waals surface area contributed by atoms with Gasteiger partial charge in [-0.15, -0.1) is 0 Å². The highest BCUT2D eigenvalue weighted by Crippen LogP contribution is 2.26. The second-order valence-electron chi connectivity index (χ2n) is 5.43. The average molecular weight is 257 g/mol. The molecule has 3 nitrogen and oxygen atoms in total. The van der Waals surface area contributed by atoms with Gasteiger partial charge in [-0.2, -0.15) is 0 Å². The predicted octanol–water partition coefficient (Wildman–Crippen LogP) is 3.19. The third kappa shape index (κ3) is 4.60. The van der Waals surface area contributed by atoms with E-state index in [1.54, 1.807) is 7.11 Å². The Kier molecular flexibility index (Phi) is 8.25.